The van der Waals surface area contributed by atoms with Crippen molar-refractivity contribution < 1.29 is 24.0 Å². The van der Waals surface area contributed by atoms with E-state index in [9.17, 15) is 24.0 Å². The summed E-state index contributed by atoms with van der Waals surface area (Å²) in [4.78, 5) is 57.5. The molecule has 0 aliphatic carbocycles. The largest absolute Gasteiger partial charge is 0.368 e. The van der Waals surface area contributed by atoms with Crippen molar-refractivity contribution in [1.29, 1.82) is 0 Å². The molecule has 0 aliphatic heterocycles. The summed E-state index contributed by atoms with van der Waals surface area (Å²) in [5.41, 5.74) is 4.97. The van der Waals surface area contributed by atoms with Gasteiger partial charge in [-0.2, -0.15) is 0 Å². The Balaban J connectivity index is 4.38. The molecule has 0 heterocycles. The lowest BCUT2D eigenvalue weighted by Crippen LogP contribution is -2.51. The zero-order chi connectivity index (χ0) is 20.1. The van der Waals surface area contributed by atoms with Gasteiger partial charge in [0.15, 0.2) is 0 Å². The molecule has 11 nitrogen and oxygen atoms in total. The number of nitrogens with one attached hydrogen (secondary N) is 5. The molecule has 5 amide bonds. The van der Waals surface area contributed by atoms with Crippen molar-refractivity contribution in [1.82, 2.24) is 26.6 Å². The molecular weight excluding hydrogens is 344 g/mol. The molecule has 26 heavy (non-hydrogen) atoms. The summed E-state index contributed by atoms with van der Waals surface area (Å²) in [5, 5.41) is 12.2. The summed E-state index contributed by atoms with van der Waals surface area (Å²) >= 11 is 0. The van der Waals surface area contributed by atoms with E-state index in [1.807, 2.05) is 13.8 Å². The number of carbonyl (C=O) groups excluding carboxylic acids is 5. The Labute approximate surface area is 152 Å². The van der Waals surface area contributed by atoms with E-state index in [0.29, 0.717) is 6.42 Å². The van der Waals surface area contributed by atoms with Crippen molar-refractivity contribution in [2.24, 2.45) is 11.7 Å². The Morgan fingerprint density at radius 3 is 1.85 bits per heavy atom. The molecule has 0 saturated heterocycles. The summed E-state index contributed by atoms with van der Waals surface area (Å²) < 4.78 is 0. The normalized spacial score (nSPS) is 11.4. The van der Waals surface area contributed by atoms with Crippen LogP contribution in [0.5, 0.6) is 0 Å². The number of rotatable bonds is 12. The van der Waals surface area contributed by atoms with E-state index >= 15 is 0 Å². The quantitative estimate of drug-likeness (QED) is 0.208. The highest BCUT2D eigenvalue weighted by molar-refractivity contribution is 5.92. The van der Waals surface area contributed by atoms with Gasteiger partial charge >= 0.3 is 0 Å². The number of nitrogens with two attached hydrogens (primary N) is 1. The fourth-order valence-electron chi connectivity index (χ4n) is 1.89. The van der Waals surface area contributed by atoms with Crippen molar-refractivity contribution >= 4 is 29.5 Å². The van der Waals surface area contributed by atoms with Crippen molar-refractivity contribution in [3.05, 3.63) is 0 Å². The first-order chi connectivity index (χ1) is 12.1. The molecule has 1 unspecified atom stereocenters. The first-order valence-electron chi connectivity index (χ1n) is 8.19. The summed E-state index contributed by atoms with van der Waals surface area (Å²) in [6, 6.07) is -0.853. The average Bonchev–Trinajstić information content (AvgIpc) is 2.55. The van der Waals surface area contributed by atoms with Crippen LogP contribution in [0.1, 0.15) is 20.3 Å². The minimum absolute atomic E-state index is 0.0745. The molecule has 148 valence electrons. The predicted octanol–water partition coefficient (Wildman–Crippen LogP) is -3.43. The predicted molar refractivity (Wildman–Crippen MR) is 93.5 cm³/mol. The monoisotopic (exact) mass is 372 g/mol. The third-order valence-electron chi connectivity index (χ3n) is 3.03. The van der Waals surface area contributed by atoms with E-state index in [0.717, 1.165) is 0 Å². The van der Waals surface area contributed by atoms with Gasteiger partial charge in [-0.05, 0) is 19.4 Å². The maximum absolute atomic E-state index is 12.0. The van der Waals surface area contributed by atoms with Gasteiger partial charge in [-0.25, -0.2) is 0 Å². The van der Waals surface area contributed by atoms with Crippen molar-refractivity contribution in [3.8, 4) is 0 Å². The molecule has 1 atom stereocenters. The summed E-state index contributed by atoms with van der Waals surface area (Å²) in [6.07, 6.45) is 0.352. The molecule has 7 N–H and O–H groups in total. The maximum Gasteiger partial charge on any atom is 0.243 e. The summed E-state index contributed by atoms with van der Waals surface area (Å²) in [6.45, 7) is 2.88. The summed E-state index contributed by atoms with van der Waals surface area (Å²) in [7, 11) is 1.59. The van der Waals surface area contributed by atoms with Gasteiger partial charge in [-0.3, -0.25) is 24.0 Å². The standard InChI is InChI=1S/C15H28N6O5/c1-9(2)4-10(15(26)20-5-11(16)22)21-14(25)8-19-13(24)7-18-12(23)6-17-3/h9-10,17H,4-8H2,1-3H3,(H2,16,22)(H,18,23)(H,19,24)(H,20,26)(H,21,25). The smallest absolute Gasteiger partial charge is 0.243 e. The fraction of sp³-hybridized carbons (Fsp3) is 0.667. The minimum atomic E-state index is -0.853. The zero-order valence-electron chi connectivity index (χ0n) is 15.3. The number of hydrogen-bond acceptors (Lipinski definition) is 6. The Morgan fingerprint density at radius 1 is 0.808 bits per heavy atom. The lowest BCUT2D eigenvalue weighted by Gasteiger charge is -2.20. The minimum Gasteiger partial charge on any atom is -0.368 e. The van der Waals surface area contributed by atoms with Gasteiger partial charge in [-0.1, -0.05) is 13.8 Å². The van der Waals surface area contributed by atoms with Crippen LogP contribution in [0.25, 0.3) is 0 Å². The van der Waals surface area contributed by atoms with E-state index in [1.54, 1.807) is 7.05 Å². The van der Waals surface area contributed by atoms with Gasteiger partial charge in [0.05, 0.1) is 26.2 Å². The molecule has 0 aromatic heterocycles. The van der Waals surface area contributed by atoms with E-state index in [4.69, 9.17) is 5.73 Å². The van der Waals surface area contributed by atoms with E-state index in [-0.39, 0.29) is 38.0 Å². The van der Waals surface area contributed by atoms with Crippen LogP contribution in [-0.4, -0.2) is 68.8 Å². The second kappa shape index (κ2) is 12.6. The molecular formula is C15H28N6O5. The van der Waals surface area contributed by atoms with Crippen LogP contribution in [0.4, 0.5) is 0 Å². The molecule has 0 aromatic rings. The lowest BCUT2D eigenvalue weighted by molar-refractivity contribution is -0.131. The SMILES string of the molecule is CNCC(=O)NCC(=O)NCC(=O)NC(CC(C)C)C(=O)NCC(N)=O. The van der Waals surface area contributed by atoms with E-state index < -0.39 is 29.7 Å². The Hall–Kier alpha value is -2.69. The van der Waals surface area contributed by atoms with Gasteiger partial charge in [0.25, 0.3) is 0 Å². The van der Waals surface area contributed by atoms with Gasteiger partial charge in [0, 0.05) is 0 Å². The third kappa shape index (κ3) is 11.8. The van der Waals surface area contributed by atoms with Crippen LogP contribution in [0.2, 0.25) is 0 Å². The Kier molecular flexibility index (Phi) is 11.3. The average molecular weight is 372 g/mol. The summed E-state index contributed by atoms with van der Waals surface area (Å²) in [5.74, 6) is -2.58. The number of carbonyl (C=O) groups is 5. The molecule has 0 radical (unpaired) electrons. The van der Waals surface area contributed by atoms with Gasteiger partial charge in [-0.15, -0.1) is 0 Å². The van der Waals surface area contributed by atoms with Crippen LogP contribution >= 0.6 is 0 Å². The van der Waals surface area contributed by atoms with Crippen LogP contribution in [0.15, 0.2) is 0 Å². The Bertz CT molecular complexity index is 523. The zero-order valence-corrected chi connectivity index (χ0v) is 15.3. The second-order valence-electron chi connectivity index (χ2n) is 6.02. The lowest BCUT2D eigenvalue weighted by atomic mass is 10.0. The van der Waals surface area contributed by atoms with E-state index in [1.165, 1.54) is 0 Å². The third-order valence-corrected chi connectivity index (χ3v) is 3.03. The number of amides is 5. The van der Waals surface area contributed by atoms with Crippen LogP contribution < -0.4 is 32.3 Å². The number of hydrogen-bond donors (Lipinski definition) is 6. The Morgan fingerprint density at radius 2 is 1.35 bits per heavy atom. The molecule has 0 aromatic carbocycles. The van der Waals surface area contributed by atoms with Gasteiger partial charge < -0.3 is 32.3 Å². The highest BCUT2D eigenvalue weighted by Crippen LogP contribution is 2.04. The van der Waals surface area contributed by atoms with E-state index in [2.05, 4.69) is 26.6 Å². The van der Waals surface area contributed by atoms with Gasteiger partial charge in [0.2, 0.25) is 29.5 Å². The fourth-order valence-corrected chi connectivity index (χ4v) is 1.89. The maximum atomic E-state index is 12.0. The number of likely N-dealkylation sites (N-methyl/N-ethyl adjacent to an activating group) is 1. The molecule has 0 bridgehead atoms. The molecule has 0 rings (SSSR count). The number of primary amides is 1. The van der Waals surface area contributed by atoms with Crippen molar-refractivity contribution in [3.63, 3.8) is 0 Å². The molecule has 11 heteroatoms. The molecule has 0 saturated carbocycles. The van der Waals surface area contributed by atoms with Crippen LogP contribution in [0, 0.1) is 5.92 Å². The molecule has 0 aliphatic rings. The first kappa shape index (κ1) is 23.3. The second-order valence-corrected chi connectivity index (χ2v) is 6.02. The highest BCUT2D eigenvalue weighted by atomic mass is 16.2. The van der Waals surface area contributed by atoms with Crippen molar-refractivity contribution in [2.45, 2.75) is 26.3 Å². The van der Waals surface area contributed by atoms with Gasteiger partial charge in [0.1, 0.15) is 6.04 Å². The molecule has 0 fully saturated rings. The van der Waals surface area contributed by atoms with Crippen molar-refractivity contribution in [2.75, 3.05) is 33.2 Å². The van der Waals surface area contributed by atoms with Crippen LogP contribution in [0.3, 0.4) is 0 Å². The first-order valence-corrected chi connectivity index (χ1v) is 8.19. The highest BCUT2D eigenvalue weighted by Gasteiger charge is 2.22. The van der Waals surface area contributed by atoms with Crippen LogP contribution in [-0.2, 0) is 24.0 Å². The topological polar surface area (TPSA) is 172 Å². The molecule has 0 spiro atoms.